The number of hydrogen-bond acceptors (Lipinski definition) is 5. The number of likely N-dealkylation sites (N-methyl/N-ethyl adjacent to an activating group) is 1. The molecule has 2 saturated heterocycles. The lowest BCUT2D eigenvalue weighted by atomic mass is 9.81. The minimum atomic E-state index is -0.0613. The molecular formula is C20H22N6O. The van der Waals surface area contributed by atoms with E-state index in [1.165, 1.54) is 0 Å². The summed E-state index contributed by atoms with van der Waals surface area (Å²) >= 11 is 0. The third kappa shape index (κ3) is 2.49. The first-order chi connectivity index (χ1) is 13.2. The number of amides is 1. The van der Waals surface area contributed by atoms with Crippen molar-refractivity contribution in [2.75, 3.05) is 25.0 Å². The molecule has 0 unspecified atom stereocenters. The number of piperidine rings is 1. The highest BCUT2D eigenvalue weighted by molar-refractivity contribution is 5.87. The van der Waals surface area contributed by atoms with Gasteiger partial charge < -0.3 is 14.8 Å². The Balaban J connectivity index is 1.38. The van der Waals surface area contributed by atoms with Crippen LogP contribution in [0.1, 0.15) is 30.7 Å². The first-order valence-electron chi connectivity index (χ1n) is 9.40. The Bertz CT molecular complexity index is 976. The highest BCUT2D eigenvalue weighted by Gasteiger charge is 2.50. The second-order valence-corrected chi connectivity index (χ2v) is 7.57. The normalized spacial score (nSPS) is 22.1. The van der Waals surface area contributed by atoms with Crippen LogP contribution in [-0.2, 0) is 4.79 Å². The molecule has 2 aliphatic heterocycles. The highest BCUT2D eigenvalue weighted by atomic mass is 16.2. The number of likely N-dealkylation sites (tertiary alicyclic amines) is 1. The quantitative estimate of drug-likeness (QED) is 0.757. The summed E-state index contributed by atoms with van der Waals surface area (Å²) in [5.74, 6) is 1.12. The van der Waals surface area contributed by atoms with Crippen molar-refractivity contribution in [1.29, 1.82) is 0 Å². The van der Waals surface area contributed by atoms with E-state index < -0.39 is 0 Å². The van der Waals surface area contributed by atoms with E-state index >= 15 is 0 Å². The maximum atomic E-state index is 12.9. The van der Waals surface area contributed by atoms with Crippen LogP contribution in [0.4, 0.5) is 5.82 Å². The van der Waals surface area contributed by atoms with Gasteiger partial charge in [0.1, 0.15) is 11.8 Å². The molecule has 138 valence electrons. The maximum Gasteiger partial charge on any atom is 0.230 e. The van der Waals surface area contributed by atoms with Crippen LogP contribution in [-0.4, -0.2) is 56.4 Å². The first-order valence-corrected chi connectivity index (χ1v) is 9.40. The Morgan fingerprint density at radius 3 is 2.67 bits per heavy atom. The molecule has 0 radical (unpaired) electrons. The van der Waals surface area contributed by atoms with Crippen molar-refractivity contribution in [1.82, 2.24) is 24.8 Å². The number of fused-ring (bicyclic) bond motifs is 1. The van der Waals surface area contributed by atoms with E-state index in [0.29, 0.717) is 5.65 Å². The number of H-pyrrole nitrogens is 1. The van der Waals surface area contributed by atoms with Gasteiger partial charge in [-0.1, -0.05) is 30.3 Å². The molecule has 1 spiro atoms. The lowest BCUT2D eigenvalue weighted by Crippen LogP contribution is -2.51. The third-order valence-electron chi connectivity index (χ3n) is 6.32. The summed E-state index contributed by atoms with van der Waals surface area (Å²) in [6, 6.07) is 10.2. The number of aromatic amines is 1. The SMILES string of the molecule is CN1C(=O)[C@@H](c2ccccc2)CC12CCN(c1ncnc3nc[nH]c13)CC2. The number of carbonyl (C=O) groups excluding carboxylic acids is 1. The predicted octanol–water partition coefficient (Wildman–Crippen LogP) is 2.34. The van der Waals surface area contributed by atoms with E-state index in [2.05, 4.69) is 37.0 Å². The zero-order valence-electron chi connectivity index (χ0n) is 15.3. The summed E-state index contributed by atoms with van der Waals surface area (Å²) in [5, 5.41) is 0. The van der Waals surface area contributed by atoms with Gasteiger partial charge in [0.25, 0.3) is 0 Å². The fourth-order valence-corrected chi connectivity index (χ4v) is 4.68. The Kier molecular flexibility index (Phi) is 3.63. The van der Waals surface area contributed by atoms with Gasteiger partial charge in [0.15, 0.2) is 11.5 Å². The maximum absolute atomic E-state index is 12.9. The molecule has 1 aromatic carbocycles. The molecule has 0 aliphatic carbocycles. The van der Waals surface area contributed by atoms with E-state index in [1.807, 2.05) is 30.1 Å². The van der Waals surface area contributed by atoms with Crippen LogP contribution in [0.2, 0.25) is 0 Å². The Morgan fingerprint density at radius 1 is 1.11 bits per heavy atom. The molecule has 0 bridgehead atoms. The average molecular weight is 362 g/mol. The lowest BCUT2D eigenvalue weighted by molar-refractivity contribution is -0.131. The molecule has 2 aromatic heterocycles. The van der Waals surface area contributed by atoms with Gasteiger partial charge >= 0.3 is 0 Å². The molecule has 0 saturated carbocycles. The van der Waals surface area contributed by atoms with Crippen molar-refractivity contribution in [3.63, 3.8) is 0 Å². The number of rotatable bonds is 2. The average Bonchev–Trinajstić information content (AvgIpc) is 3.29. The molecule has 27 heavy (non-hydrogen) atoms. The van der Waals surface area contributed by atoms with Crippen LogP contribution in [0.25, 0.3) is 11.2 Å². The number of anilines is 1. The number of nitrogens with zero attached hydrogens (tertiary/aromatic N) is 5. The topological polar surface area (TPSA) is 78.0 Å². The Labute approximate surface area is 157 Å². The van der Waals surface area contributed by atoms with Gasteiger partial charge in [-0.2, -0.15) is 0 Å². The van der Waals surface area contributed by atoms with Gasteiger partial charge in [0, 0.05) is 25.7 Å². The number of benzene rings is 1. The fraction of sp³-hybridized carbons (Fsp3) is 0.400. The molecule has 1 atom stereocenters. The van der Waals surface area contributed by atoms with Crippen LogP contribution < -0.4 is 4.90 Å². The number of hydrogen-bond donors (Lipinski definition) is 1. The minimum Gasteiger partial charge on any atom is -0.355 e. The van der Waals surface area contributed by atoms with Crippen LogP contribution >= 0.6 is 0 Å². The molecule has 2 fully saturated rings. The first kappa shape index (κ1) is 16.2. The number of nitrogens with one attached hydrogen (secondary N) is 1. The van der Waals surface area contributed by atoms with E-state index in [9.17, 15) is 4.79 Å². The summed E-state index contributed by atoms with van der Waals surface area (Å²) in [4.78, 5) is 33.3. The molecule has 5 rings (SSSR count). The van der Waals surface area contributed by atoms with E-state index in [1.54, 1.807) is 12.7 Å². The van der Waals surface area contributed by atoms with Gasteiger partial charge in [-0.3, -0.25) is 4.79 Å². The Hall–Kier alpha value is -2.96. The van der Waals surface area contributed by atoms with E-state index in [4.69, 9.17) is 0 Å². The van der Waals surface area contributed by atoms with Gasteiger partial charge in [-0.25, -0.2) is 15.0 Å². The summed E-state index contributed by atoms with van der Waals surface area (Å²) in [7, 11) is 1.97. The Morgan fingerprint density at radius 2 is 1.89 bits per heavy atom. The molecule has 7 heteroatoms. The van der Waals surface area contributed by atoms with Crippen molar-refractivity contribution in [3.8, 4) is 0 Å². The molecule has 2 aliphatic rings. The van der Waals surface area contributed by atoms with Gasteiger partial charge in [-0.15, -0.1) is 0 Å². The van der Waals surface area contributed by atoms with E-state index in [0.717, 1.165) is 49.2 Å². The van der Waals surface area contributed by atoms with Gasteiger partial charge in [0.2, 0.25) is 5.91 Å². The van der Waals surface area contributed by atoms with Crippen LogP contribution in [0, 0.1) is 0 Å². The fourth-order valence-electron chi connectivity index (χ4n) is 4.68. The minimum absolute atomic E-state index is 0.0267. The van der Waals surface area contributed by atoms with Crippen molar-refractivity contribution in [3.05, 3.63) is 48.5 Å². The van der Waals surface area contributed by atoms with Crippen molar-refractivity contribution >= 4 is 22.9 Å². The summed E-state index contributed by atoms with van der Waals surface area (Å²) in [6.45, 7) is 1.73. The summed E-state index contributed by atoms with van der Waals surface area (Å²) < 4.78 is 0. The van der Waals surface area contributed by atoms with E-state index in [-0.39, 0.29) is 17.4 Å². The molecule has 1 amide bonds. The second-order valence-electron chi connectivity index (χ2n) is 7.57. The van der Waals surface area contributed by atoms with Crippen LogP contribution in [0.15, 0.2) is 43.0 Å². The lowest BCUT2D eigenvalue weighted by Gasteiger charge is -2.43. The highest BCUT2D eigenvalue weighted by Crippen LogP contribution is 2.45. The monoisotopic (exact) mass is 362 g/mol. The zero-order valence-corrected chi connectivity index (χ0v) is 15.3. The molecule has 3 aromatic rings. The number of aromatic nitrogens is 4. The number of imidazole rings is 1. The van der Waals surface area contributed by atoms with Gasteiger partial charge in [-0.05, 0) is 24.8 Å². The standard InChI is InChI=1S/C20H22N6O/c1-25-19(27)15(14-5-3-2-4-6-14)11-20(25)7-9-26(10-8-20)18-16-17(22-12-21-16)23-13-24-18/h2-6,12-13,15H,7-11H2,1H3,(H,21,22,23,24)/t15-/m1/s1. The third-order valence-corrected chi connectivity index (χ3v) is 6.32. The van der Waals surface area contributed by atoms with Gasteiger partial charge in [0.05, 0.1) is 12.2 Å². The second kappa shape index (κ2) is 6.04. The molecule has 1 N–H and O–H groups in total. The summed E-state index contributed by atoms with van der Waals surface area (Å²) in [6.07, 6.45) is 6.00. The largest absolute Gasteiger partial charge is 0.355 e. The molecular weight excluding hydrogens is 340 g/mol. The predicted molar refractivity (Wildman–Crippen MR) is 102 cm³/mol. The van der Waals surface area contributed by atoms with Crippen molar-refractivity contribution in [2.24, 2.45) is 0 Å². The number of carbonyl (C=O) groups is 1. The smallest absolute Gasteiger partial charge is 0.230 e. The molecule has 4 heterocycles. The summed E-state index contributed by atoms with van der Waals surface area (Å²) in [5.41, 5.74) is 2.64. The zero-order chi connectivity index (χ0) is 18.4. The van der Waals surface area contributed by atoms with Crippen molar-refractivity contribution < 1.29 is 4.79 Å². The van der Waals surface area contributed by atoms with Crippen molar-refractivity contribution in [2.45, 2.75) is 30.7 Å². The van der Waals surface area contributed by atoms with Crippen LogP contribution in [0.3, 0.4) is 0 Å². The van der Waals surface area contributed by atoms with Crippen LogP contribution in [0.5, 0.6) is 0 Å². The molecule has 7 nitrogen and oxygen atoms in total.